The highest BCUT2D eigenvalue weighted by molar-refractivity contribution is 7.89. The van der Waals surface area contributed by atoms with Gasteiger partial charge in [-0.15, -0.1) is 12.4 Å². The second-order valence-electron chi connectivity index (χ2n) is 5.54. The summed E-state index contributed by atoms with van der Waals surface area (Å²) in [5, 5.41) is 7.30. The summed E-state index contributed by atoms with van der Waals surface area (Å²) in [7, 11) is -1.86. The van der Waals surface area contributed by atoms with Gasteiger partial charge in [-0.05, 0) is 32.9 Å². The SMILES string of the molecule is CCn1cc(S(=O)(=O)NCC2(COC)CCNCC2)cn1.Cl. The lowest BCUT2D eigenvalue weighted by Crippen LogP contribution is -2.47. The molecule has 1 aromatic rings. The summed E-state index contributed by atoms with van der Waals surface area (Å²) in [6.45, 7) is 5.29. The van der Waals surface area contributed by atoms with Gasteiger partial charge in [0.05, 0.1) is 12.8 Å². The number of hydrogen-bond acceptors (Lipinski definition) is 5. The molecule has 1 aliphatic rings. The molecule has 1 saturated heterocycles. The van der Waals surface area contributed by atoms with Crippen LogP contribution in [0.4, 0.5) is 0 Å². The first-order valence-corrected chi connectivity index (χ1v) is 8.71. The van der Waals surface area contributed by atoms with Crippen molar-refractivity contribution in [2.45, 2.75) is 31.2 Å². The number of aryl methyl sites for hydroxylation is 1. The summed E-state index contributed by atoms with van der Waals surface area (Å²) in [4.78, 5) is 0.214. The average Bonchev–Trinajstić information content (AvgIpc) is 2.97. The van der Waals surface area contributed by atoms with E-state index >= 15 is 0 Å². The molecule has 2 heterocycles. The number of rotatable bonds is 7. The smallest absolute Gasteiger partial charge is 0.243 e. The molecule has 0 atom stereocenters. The van der Waals surface area contributed by atoms with Crippen LogP contribution in [0.5, 0.6) is 0 Å². The van der Waals surface area contributed by atoms with Crippen molar-refractivity contribution in [3.63, 3.8) is 0 Å². The molecule has 0 aromatic carbocycles. The van der Waals surface area contributed by atoms with Crippen molar-refractivity contribution in [1.29, 1.82) is 0 Å². The van der Waals surface area contributed by atoms with Crippen LogP contribution in [0.15, 0.2) is 17.3 Å². The minimum atomic E-state index is -3.51. The summed E-state index contributed by atoms with van der Waals surface area (Å²) >= 11 is 0. The summed E-state index contributed by atoms with van der Waals surface area (Å²) in [6, 6.07) is 0. The number of halogens is 1. The van der Waals surface area contributed by atoms with Crippen LogP contribution < -0.4 is 10.0 Å². The molecule has 9 heteroatoms. The Bertz CT molecular complexity index is 550. The Hall–Kier alpha value is -0.670. The average molecular weight is 353 g/mol. The third-order valence-corrected chi connectivity index (χ3v) is 5.35. The molecule has 1 aromatic heterocycles. The Morgan fingerprint density at radius 3 is 2.68 bits per heavy atom. The van der Waals surface area contributed by atoms with Gasteiger partial charge >= 0.3 is 0 Å². The maximum atomic E-state index is 12.3. The quantitative estimate of drug-likeness (QED) is 0.751. The number of hydrogen-bond donors (Lipinski definition) is 2. The van der Waals surface area contributed by atoms with Crippen LogP contribution in [-0.2, 0) is 21.3 Å². The summed E-state index contributed by atoms with van der Waals surface area (Å²) in [6.07, 6.45) is 4.74. The number of ether oxygens (including phenoxy) is 1. The highest BCUT2D eigenvalue weighted by atomic mass is 35.5. The molecule has 1 aliphatic heterocycles. The van der Waals surface area contributed by atoms with Crippen molar-refractivity contribution in [2.24, 2.45) is 5.41 Å². The molecular formula is C13H25ClN4O3S. The molecule has 0 spiro atoms. The Morgan fingerprint density at radius 1 is 1.45 bits per heavy atom. The van der Waals surface area contributed by atoms with Crippen molar-refractivity contribution in [2.75, 3.05) is 33.4 Å². The minimum absolute atomic E-state index is 0. The lowest BCUT2D eigenvalue weighted by Gasteiger charge is -2.37. The van der Waals surface area contributed by atoms with Crippen LogP contribution in [0.25, 0.3) is 0 Å². The first kappa shape index (κ1) is 19.4. The monoisotopic (exact) mass is 352 g/mol. The van der Waals surface area contributed by atoms with Crippen LogP contribution in [-0.4, -0.2) is 51.5 Å². The highest BCUT2D eigenvalue weighted by Crippen LogP contribution is 2.28. The molecule has 2 N–H and O–H groups in total. The van der Waals surface area contributed by atoms with Gasteiger partial charge in [-0.1, -0.05) is 0 Å². The van der Waals surface area contributed by atoms with E-state index in [2.05, 4.69) is 15.1 Å². The molecule has 2 rings (SSSR count). The summed E-state index contributed by atoms with van der Waals surface area (Å²) in [5.41, 5.74) is -0.131. The predicted molar refractivity (Wildman–Crippen MR) is 86.8 cm³/mol. The van der Waals surface area contributed by atoms with Gasteiger partial charge < -0.3 is 10.1 Å². The molecule has 0 unspecified atom stereocenters. The van der Waals surface area contributed by atoms with E-state index < -0.39 is 10.0 Å². The second kappa shape index (κ2) is 8.26. The van der Waals surface area contributed by atoms with Gasteiger partial charge in [-0.25, -0.2) is 13.1 Å². The first-order chi connectivity index (χ1) is 10.0. The van der Waals surface area contributed by atoms with E-state index in [-0.39, 0.29) is 22.7 Å². The van der Waals surface area contributed by atoms with Gasteiger partial charge in [0.15, 0.2) is 0 Å². The van der Waals surface area contributed by atoms with Crippen LogP contribution in [0, 0.1) is 5.41 Å². The number of aromatic nitrogens is 2. The minimum Gasteiger partial charge on any atom is -0.384 e. The Kier molecular flexibility index (Phi) is 7.27. The number of sulfonamides is 1. The maximum Gasteiger partial charge on any atom is 0.243 e. The van der Waals surface area contributed by atoms with E-state index in [9.17, 15) is 8.42 Å². The van der Waals surface area contributed by atoms with Crippen molar-refractivity contribution in [3.8, 4) is 0 Å². The highest BCUT2D eigenvalue weighted by Gasteiger charge is 2.33. The van der Waals surface area contributed by atoms with Gasteiger partial charge in [-0.3, -0.25) is 4.68 Å². The van der Waals surface area contributed by atoms with Crippen molar-refractivity contribution < 1.29 is 13.2 Å². The molecule has 128 valence electrons. The molecule has 0 saturated carbocycles. The fourth-order valence-corrected chi connectivity index (χ4v) is 3.73. The fraction of sp³-hybridized carbons (Fsp3) is 0.769. The van der Waals surface area contributed by atoms with Gasteiger partial charge in [0.2, 0.25) is 10.0 Å². The zero-order valence-corrected chi connectivity index (χ0v) is 14.7. The Balaban J connectivity index is 0.00000242. The standard InChI is InChI=1S/C13H24N4O3S.ClH/c1-3-17-9-12(8-15-17)21(18,19)16-10-13(11-20-2)4-6-14-7-5-13;/h8-9,14,16H,3-7,10-11H2,1-2H3;1H. The van der Waals surface area contributed by atoms with Gasteiger partial charge in [-0.2, -0.15) is 5.10 Å². The van der Waals surface area contributed by atoms with Gasteiger partial charge in [0.25, 0.3) is 0 Å². The maximum absolute atomic E-state index is 12.3. The summed E-state index contributed by atoms with van der Waals surface area (Å²) < 4.78 is 34.3. The topological polar surface area (TPSA) is 85.2 Å². The molecule has 0 bridgehead atoms. The number of nitrogens with zero attached hydrogens (tertiary/aromatic N) is 2. The molecule has 7 nitrogen and oxygen atoms in total. The van der Waals surface area contributed by atoms with E-state index in [1.54, 1.807) is 18.0 Å². The van der Waals surface area contributed by atoms with E-state index in [1.807, 2.05) is 6.92 Å². The van der Waals surface area contributed by atoms with Gasteiger partial charge in [0, 0.05) is 31.8 Å². The first-order valence-electron chi connectivity index (χ1n) is 7.23. The largest absolute Gasteiger partial charge is 0.384 e. The van der Waals surface area contributed by atoms with Crippen LogP contribution >= 0.6 is 12.4 Å². The van der Waals surface area contributed by atoms with Crippen LogP contribution in [0.2, 0.25) is 0 Å². The Labute approximate surface area is 138 Å². The predicted octanol–water partition coefficient (Wildman–Crippen LogP) is 0.619. The van der Waals surface area contributed by atoms with E-state index in [1.165, 1.54) is 6.20 Å². The molecule has 0 radical (unpaired) electrons. The third kappa shape index (κ3) is 4.66. The third-order valence-electron chi connectivity index (χ3n) is 4.00. The van der Waals surface area contributed by atoms with Crippen LogP contribution in [0.3, 0.4) is 0 Å². The van der Waals surface area contributed by atoms with E-state index in [0.29, 0.717) is 19.7 Å². The van der Waals surface area contributed by atoms with Crippen LogP contribution in [0.1, 0.15) is 19.8 Å². The van der Waals surface area contributed by atoms with Crippen molar-refractivity contribution in [3.05, 3.63) is 12.4 Å². The molecular weight excluding hydrogens is 328 g/mol. The normalized spacial score (nSPS) is 17.9. The summed E-state index contributed by atoms with van der Waals surface area (Å²) in [5.74, 6) is 0. The van der Waals surface area contributed by atoms with E-state index in [0.717, 1.165) is 25.9 Å². The van der Waals surface area contributed by atoms with E-state index in [4.69, 9.17) is 4.74 Å². The molecule has 1 fully saturated rings. The molecule has 22 heavy (non-hydrogen) atoms. The zero-order chi connectivity index (χ0) is 15.3. The molecule has 0 aliphatic carbocycles. The van der Waals surface area contributed by atoms with Crippen molar-refractivity contribution >= 4 is 22.4 Å². The lowest BCUT2D eigenvalue weighted by molar-refractivity contribution is 0.0577. The molecule has 0 amide bonds. The second-order valence-corrected chi connectivity index (χ2v) is 7.31. The lowest BCUT2D eigenvalue weighted by atomic mass is 9.80. The zero-order valence-electron chi connectivity index (χ0n) is 13.0. The Morgan fingerprint density at radius 2 is 2.14 bits per heavy atom. The number of methoxy groups -OCH3 is 1. The number of piperidine rings is 1. The van der Waals surface area contributed by atoms with Gasteiger partial charge in [0.1, 0.15) is 4.90 Å². The number of nitrogens with one attached hydrogen (secondary N) is 2. The van der Waals surface area contributed by atoms with Crippen molar-refractivity contribution in [1.82, 2.24) is 19.8 Å². The fourth-order valence-electron chi connectivity index (χ4n) is 2.62.